The zero-order valence-electron chi connectivity index (χ0n) is 20.1. The first kappa shape index (κ1) is 24.3. The van der Waals surface area contributed by atoms with Crippen LogP contribution in [0, 0.1) is 6.92 Å². The van der Waals surface area contributed by atoms with Crippen LogP contribution in [0.15, 0.2) is 64.3 Å². The third-order valence-electron chi connectivity index (χ3n) is 6.01. The predicted octanol–water partition coefficient (Wildman–Crippen LogP) is 5.29. The van der Waals surface area contributed by atoms with Gasteiger partial charge in [-0.25, -0.2) is 4.98 Å². The third kappa shape index (κ3) is 4.05. The smallest absolute Gasteiger partial charge is 0.296 e. The van der Waals surface area contributed by atoms with Crippen LogP contribution in [-0.2, 0) is 4.79 Å². The normalized spacial score (nSPS) is 15.6. The minimum atomic E-state index is -1.13. The molecule has 0 aliphatic carbocycles. The van der Waals surface area contributed by atoms with Gasteiger partial charge < -0.3 is 19.4 Å². The van der Waals surface area contributed by atoms with E-state index < -0.39 is 23.5 Å². The number of ketones is 2. The Balaban J connectivity index is 1.69. The van der Waals surface area contributed by atoms with Gasteiger partial charge in [0, 0.05) is 12.3 Å². The minimum Gasteiger partial charge on any atom is -0.504 e. The van der Waals surface area contributed by atoms with E-state index in [1.54, 1.807) is 44.2 Å². The number of aliphatic hydroxyl groups excluding tert-OH is 1. The number of ether oxygens (including phenoxy) is 1. The van der Waals surface area contributed by atoms with Gasteiger partial charge in [0.1, 0.15) is 5.58 Å². The standard InChI is InChI=1S/C27H22N2O7S/c1-4-35-19-12-16(9-10-17(19)31)22-21(23(32)20-11-15-7-5-6-8-18(15)36-20)24(33)26(34)29(22)27-28-13(2)25(37-27)14(3)30/h5-12,22,31,33H,4H2,1-3H3. The number of aromatic hydroxyl groups is 1. The molecule has 4 aromatic rings. The average Bonchev–Trinajstić information content (AvgIpc) is 3.54. The number of aromatic nitrogens is 1. The van der Waals surface area contributed by atoms with Crippen molar-refractivity contribution in [1.82, 2.24) is 4.98 Å². The van der Waals surface area contributed by atoms with Crippen molar-refractivity contribution in [2.75, 3.05) is 11.5 Å². The fourth-order valence-electron chi connectivity index (χ4n) is 4.36. The van der Waals surface area contributed by atoms with Crippen LogP contribution in [0.3, 0.4) is 0 Å². The Bertz CT molecular complexity index is 1580. The number of phenols is 1. The van der Waals surface area contributed by atoms with Gasteiger partial charge in [0.2, 0.25) is 5.78 Å². The van der Waals surface area contributed by atoms with Gasteiger partial charge >= 0.3 is 0 Å². The first-order valence-electron chi connectivity index (χ1n) is 11.4. The van der Waals surface area contributed by atoms with Crippen molar-refractivity contribution in [1.29, 1.82) is 0 Å². The molecule has 0 bridgehead atoms. The van der Waals surface area contributed by atoms with E-state index in [1.807, 2.05) is 0 Å². The number of Topliss-reactive ketones (excluding diaryl/α,β-unsaturated/α-hetero) is 2. The van der Waals surface area contributed by atoms with E-state index in [4.69, 9.17) is 9.15 Å². The Kier molecular flexibility index (Phi) is 6.04. The Morgan fingerprint density at radius 1 is 1.16 bits per heavy atom. The summed E-state index contributed by atoms with van der Waals surface area (Å²) in [4.78, 5) is 45.2. The molecule has 0 fully saturated rings. The monoisotopic (exact) mass is 518 g/mol. The molecular weight excluding hydrogens is 496 g/mol. The van der Waals surface area contributed by atoms with Gasteiger partial charge in [-0.1, -0.05) is 35.6 Å². The molecule has 5 rings (SSSR count). The number of hydrogen-bond donors (Lipinski definition) is 2. The number of aliphatic hydroxyl groups is 1. The van der Waals surface area contributed by atoms with Gasteiger partial charge in [0.05, 0.1) is 28.8 Å². The zero-order valence-corrected chi connectivity index (χ0v) is 21.0. The van der Waals surface area contributed by atoms with Gasteiger partial charge in [-0.2, -0.15) is 0 Å². The van der Waals surface area contributed by atoms with Crippen LogP contribution in [0.1, 0.15) is 51.4 Å². The van der Waals surface area contributed by atoms with Gasteiger partial charge in [-0.05, 0) is 43.7 Å². The van der Waals surface area contributed by atoms with Gasteiger partial charge in [0.15, 0.2) is 33.9 Å². The number of phenolic OH excluding ortho intramolecular Hbond substituents is 1. The Morgan fingerprint density at radius 2 is 1.92 bits per heavy atom. The van der Waals surface area contributed by atoms with Gasteiger partial charge in [0.25, 0.3) is 5.91 Å². The number of thiazole rings is 1. The maximum absolute atomic E-state index is 13.7. The number of benzene rings is 2. The summed E-state index contributed by atoms with van der Waals surface area (Å²) in [6.45, 7) is 5.06. The van der Waals surface area contributed by atoms with Crippen LogP contribution in [0.5, 0.6) is 11.5 Å². The van der Waals surface area contributed by atoms with Crippen molar-refractivity contribution < 1.29 is 33.8 Å². The van der Waals surface area contributed by atoms with Crippen molar-refractivity contribution in [3.05, 3.63) is 81.8 Å². The summed E-state index contributed by atoms with van der Waals surface area (Å²) < 4.78 is 11.3. The molecule has 0 radical (unpaired) electrons. The summed E-state index contributed by atoms with van der Waals surface area (Å²) in [6, 6.07) is 11.9. The highest BCUT2D eigenvalue weighted by atomic mass is 32.1. The number of fused-ring (bicyclic) bond motifs is 1. The van der Waals surface area contributed by atoms with E-state index in [-0.39, 0.29) is 40.4 Å². The molecule has 2 aromatic carbocycles. The van der Waals surface area contributed by atoms with Crippen LogP contribution >= 0.6 is 11.3 Å². The molecule has 0 saturated heterocycles. The largest absolute Gasteiger partial charge is 0.504 e. The molecular formula is C27H22N2O7S. The lowest BCUT2D eigenvalue weighted by Gasteiger charge is -2.24. The van der Waals surface area contributed by atoms with Crippen LogP contribution in [0.4, 0.5) is 5.13 Å². The molecule has 1 aliphatic heterocycles. The zero-order chi connectivity index (χ0) is 26.4. The predicted molar refractivity (Wildman–Crippen MR) is 137 cm³/mol. The lowest BCUT2D eigenvalue weighted by molar-refractivity contribution is -0.117. The van der Waals surface area contributed by atoms with E-state index in [9.17, 15) is 24.6 Å². The molecule has 2 N–H and O–H groups in total. The van der Waals surface area contributed by atoms with E-state index in [0.717, 1.165) is 11.3 Å². The maximum atomic E-state index is 13.7. The fraction of sp³-hybridized carbons (Fsp3) is 0.185. The minimum absolute atomic E-state index is 0.0500. The van der Waals surface area contributed by atoms with E-state index >= 15 is 0 Å². The number of hydrogen-bond acceptors (Lipinski definition) is 9. The molecule has 37 heavy (non-hydrogen) atoms. The second kappa shape index (κ2) is 9.21. The second-order valence-corrected chi connectivity index (χ2v) is 9.42. The molecule has 188 valence electrons. The number of carbonyl (C=O) groups is 3. The molecule has 0 saturated carbocycles. The van der Waals surface area contributed by atoms with Crippen molar-refractivity contribution in [3.63, 3.8) is 0 Å². The van der Waals surface area contributed by atoms with Crippen LogP contribution in [0.25, 0.3) is 11.0 Å². The van der Waals surface area contributed by atoms with E-state index in [1.165, 1.54) is 30.0 Å². The quantitative estimate of drug-likeness (QED) is 0.316. The Labute approximate surface area is 215 Å². The number of aryl methyl sites for hydroxylation is 1. The van der Waals surface area contributed by atoms with Crippen molar-refractivity contribution in [2.24, 2.45) is 0 Å². The number of carbonyl (C=O) groups excluding carboxylic acids is 3. The molecule has 1 unspecified atom stereocenters. The van der Waals surface area contributed by atoms with Crippen molar-refractivity contribution >= 4 is 44.9 Å². The molecule has 0 spiro atoms. The highest BCUT2D eigenvalue weighted by molar-refractivity contribution is 7.17. The lowest BCUT2D eigenvalue weighted by Crippen LogP contribution is -2.31. The number of para-hydroxylation sites is 1. The summed E-state index contributed by atoms with van der Waals surface area (Å²) >= 11 is 0.991. The molecule has 9 nitrogen and oxygen atoms in total. The van der Waals surface area contributed by atoms with Crippen LogP contribution in [0.2, 0.25) is 0 Å². The summed E-state index contributed by atoms with van der Waals surface area (Å²) in [6.07, 6.45) is 0. The second-order valence-electron chi connectivity index (χ2n) is 8.44. The summed E-state index contributed by atoms with van der Waals surface area (Å²) in [5, 5.41) is 22.1. The number of rotatable bonds is 7. The third-order valence-corrected chi connectivity index (χ3v) is 7.27. The average molecular weight is 519 g/mol. The Morgan fingerprint density at radius 3 is 2.59 bits per heavy atom. The van der Waals surface area contributed by atoms with Crippen LogP contribution in [-0.4, -0.2) is 39.3 Å². The Hall–Kier alpha value is -4.44. The first-order chi connectivity index (χ1) is 17.7. The molecule has 10 heteroatoms. The summed E-state index contributed by atoms with van der Waals surface area (Å²) in [7, 11) is 0. The van der Waals surface area contributed by atoms with Crippen molar-refractivity contribution in [3.8, 4) is 11.5 Å². The molecule has 1 amide bonds. The first-order valence-corrected chi connectivity index (χ1v) is 12.3. The SMILES string of the molecule is CCOc1cc(C2C(C(=O)c3cc4ccccc4o3)=C(O)C(=O)N2c2nc(C)c(C(C)=O)s2)ccc1O. The topological polar surface area (TPSA) is 130 Å². The molecule has 1 atom stereocenters. The summed E-state index contributed by atoms with van der Waals surface area (Å²) in [5.74, 6) is -2.52. The fourth-order valence-corrected chi connectivity index (χ4v) is 5.35. The molecule has 1 aliphatic rings. The number of nitrogens with zero attached hydrogens (tertiary/aromatic N) is 2. The number of amides is 1. The number of anilines is 1. The molecule has 2 aromatic heterocycles. The molecule has 3 heterocycles. The lowest BCUT2D eigenvalue weighted by atomic mass is 9.95. The summed E-state index contributed by atoms with van der Waals surface area (Å²) in [5.41, 5.74) is 1.08. The van der Waals surface area contributed by atoms with Gasteiger partial charge in [-0.15, -0.1) is 0 Å². The van der Waals surface area contributed by atoms with Gasteiger partial charge in [-0.3, -0.25) is 19.3 Å². The van der Waals surface area contributed by atoms with E-state index in [2.05, 4.69) is 4.98 Å². The highest BCUT2D eigenvalue weighted by Gasteiger charge is 2.47. The number of furan rings is 1. The van der Waals surface area contributed by atoms with E-state index in [0.29, 0.717) is 27.1 Å². The van der Waals surface area contributed by atoms with Crippen LogP contribution < -0.4 is 9.64 Å². The highest BCUT2D eigenvalue weighted by Crippen LogP contribution is 2.45. The maximum Gasteiger partial charge on any atom is 0.296 e. The van der Waals surface area contributed by atoms with Crippen molar-refractivity contribution in [2.45, 2.75) is 26.8 Å².